The lowest BCUT2D eigenvalue weighted by molar-refractivity contribution is -0.443. The van der Waals surface area contributed by atoms with E-state index >= 15 is 0 Å². The van der Waals surface area contributed by atoms with Crippen LogP contribution in [0.5, 0.6) is 0 Å². The van der Waals surface area contributed by atoms with Gasteiger partial charge in [0.25, 0.3) is 0 Å². The molecule has 186 valence electrons. The van der Waals surface area contributed by atoms with Gasteiger partial charge >= 0.3 is 0 Å². The number of amides is 1. The summed E-state index contributed by atoms with van der Waals surface area (Å²) in [6, 6.07) is 6.10. The first-order chi connectivity index (χ1) is 16.3. The van der Waals surface area contributed by atoms with Crippen LogP contribution in [0, 0.1) is 5.92 Å². The van der Waals surface area contributed by atoms with Crippen LogP contribution in [0.3, 0.4) is 0 Å². The highest BCUT2D eigenvalue weighted by atomic mass is 16.8. The number of nitrogens with zero attached hydrogens (tertiary/aromatic N) is 1. The largest absolute Gasteiger partial charge is 0.440 e. The molecule has 0 bridgehead atoms. The number of hydrogen-bond acceptors (Lipinski definition) is 9. The maximum Gasteiger partial charge on any atom is 0.239 e. The fraction of sp³-hybridized carbons (Fsp3) is 0.667. The SMILES string of the molecule is CC[C@H]1CC2OC3O[C@H](C)C[C@@H](NC(=O)Cc4nc5ccccc5o4)[C@]3(O)OC2[C@@H](NC)[C@H]1O. The van der Waals surface area contributed by atoms with Crippen LogP contribution >= 0.6 is 0 Å². The van der Waals surface area contributed by atoms with E-state index in [1.807, 2.05) is 32.0 Å². The number of carbonyl (C=O) groups is 1. The second kappa shape index (κ2) is 9.18. The Morgan fingerprint density at radius 3 is 2.79 bits per heavy atom. The number of ether oxygens (including phenoxy) is 3. The van der Waals surface area contributed by atoms with Gasteiger partial charge in [-0.25, -0.2) is 4.98 Å². The van der Waals surface area contributed by atoms with Crippen LogP contribution in [0.2, 0.25) is 0 Å². The van der Waals surface area contributed by atoms with Crippen LogP contribution in [0.15, 0.2) is 28.7 Å². The summed E-state index contributed by atoms with van der Waals surface area (Å²) < 4.78 is 24.0. The molecule has 2 aliphatic heterocycles. The molecule has 3 heterocycles. The molecule has 3 aliphatic rings. The zero-order chi connectivity index (χ0) is 24.0. The molecule has 0 spiro atoms. The van der Waals surface area contributed by atoms with Gasteiger partial charge in [-0.3, -0.25) is 4.79 Å². The Balaban J connectivity index is 1.34. The van der Waals surface area contributed by atoms with Gasteiger partial charge in [0.1, 0.15) is 18.0 Å². The van der Waals surface area contributed by atoms with E-state index in [0.29, 0.717) is 29.8 Å². The number of para-hydroxylation sites is 2. The Kier molecular flexibility index (Phi) is 6.38. The van der Waals surface area contributed by atoms with Gasteiger partial charge in [0.2, 0.25) is 23.9 Å². The fourth-order valence-electron chi connectivity index (χ4n) is 5.53. The zero-order valence-electron chi connectivity index (χ0n) is 19.6. The molecule has 5 rings (SSSR count). The number of benzene rings is 1. The third-order valence-corrected chi connectivity index (χ3v) is 7.33. The van der Waals surface area contributed by atoms with Gasteiger partial charge in [-0.1, -0.05) is 25.5 Å². The van der Waals surface area contributed by atoms with E-state index in [1.165, 1.54) is 0 Å². The van der Waals surface area contributed by atoms with Crippen molar-refractivity contribution in [2.24, 2.45) is 5.92 Å². The highest BCUT2D eigenvalue weighted by Crippen LogP contribution is 2.43. The van der Waals surface area contributed by atoms with Crippen LogP contribution < -0.4 is 10.6 Å². The van der Waals surface area contributed by atoms with E-state index in [4.69, 9.17) is 18.6 Å². The van der Waals surface area contributed by atoms with Crippen LogP contribution in [-0.2, 0) is 25.4 Å². The van der Waals surface area contributed by atoms with E-state index in [-0.39, 0.29) is 30.5 Å². The van der Waals surface area contributed by atoms with Gasteiger partial charge in [0.05, 0.1) is 30.4 Å². The van der Waals surface area contributed by atoms with Crippen molar-refractivity contribution >= 4 is 17.0 Å². The van der Waals surface area contributed by atoms with Crippen LogP contribution in [-0.4, -0.2) is 76.7 Å². The van der Waals surface area contributed by atoms with Gasteiger partial charge < -0.3 is 39.5 Å². The molecule has 1 amide bonds. The van der Waals surface area contributed by atoms with Crippen molar-refractivity contribution in [1.82, 2.24) is 15.6 Å². The minimum Gasteiger partial charge on any atom is -0.440 e. The molecule has 4 N–H and O–H groups in total. The second-order valence-corrected chi connectivity index (χ2v) is 9.60. The second-order valence-electron chi connectivity index (χ2n) is 9.60. The van der Waals surface area contributed by atoms with E-state index in [0.717, 1.165) is 6.42 Å². The predicted octanol–water partition coefficient (Wildman–Crippen LogP) is 0.841. The first kappa shape index (κ1) is 23.7. The molecule has 2 saturated heterocycles. The molecule has 34 heavy (non-hydrogen) atoms. The summed E-state index contributed by atoms with van der Waals surface area (Å²) in [5.41, 5.74) is 1.29. The Bertz CT molecular complexity index is 998. The number of rotatable bonds is 5. The van der Waals surface area contributed by atoms with Crippen molar-refractivity contribution in [2.45, 2.75) is 88.1 Å². The number of carbonyl (C=O) groups excluding carboxylic acids is 1. The first-order valence-corrected chi connectivity index (χ1v) is 12.0. The molecule has 1 aliphatic carbocycles. The van der Waals surface area contributed by atoms with Gasteiger partial charge in [-0.15, -0.1) is 0 Å². The molecule has 3 unspecified atom stereocenters. The summed E-state index contributed by atoms with van der Waals surface area (Å²) in [5, 5.41) is 28.5. The third kappa shape index (κ3) is 4.12. The third-order valence-electron chi connectivity index (χ3n) is 7.33. The van der Waals surface area contributed by atoms with Crippen molar-refractivity contribution in [2.75, 3.05) is 7.05 Å². The van der Waals surface area contributed by atoms with Crippen molar-refractivity contribution in [3.05, 3.63) is 30.2 Å². The lowest BCUT2D eigenvalue weighted by Gasteiger charge is -2.57. The lowest BCUT2D eigenvalue weighted by Crippen LogP contribution is -2.75. The molecule has 0 radical (unpaired) electrons. The van der Waals surface area contributed by atoms with Gasteiger partial charge in [0, 0.05) is 0 Å². The van der Waals surface area contributed by atoms with Crippen molar-refractivity contribution in [3.63, 3.8) is 0 Å². The standard InChI is InChI=1S/C24H33N3O7/c1-4-13-10-16-22(20(25-3)21(13)29)34-24(30)17(9-12(2)31-23(24)33-16)27-18(28)11-19-26-14-7-5-6-8-15(14)32-19/h5-8,12-13,16-17,20-23,25,29-30H,4,9-11H2,1-3H3,(H,27,28)/t12-,13+,16?,17-,20+,21+,22?,23?,24+/m1/s1. The molecule has 10 nitrogen and oxygen atoms in total. The Labute approximate surface area is 198 Å². The summed E-state index contributed by atoms with van der Waals surface area (Å²) in [7, 11) is 1.75. The van der Waals surface area contributed by atoms with Crippen molar-refractivity contribution in [1.29, 1.82) is 0 Å². The lowest BCUT2D eigenvalue weighted by atomic mass is 9.77. The van der Waals surface area contributed by atoms with Crippen molar-refractivity contribution < 1.29 is 33.6 Å². The van der Waals surface area contributed by atoms with E-state index in [9.17, 15) is 15.0 Å². The minimum absolute atomic E-state index is 0.0429. The van der Waals surface area contributed by atoms with E-state index in [1.54, 1.807) is 13.1 Å². The van der Waals surface area contributed by atoms with E-state index in [2.05, 4.69) is 15.6 Å². The average Bonchev–Trinajstić information content (AvgIpc) is 3.20. The summed E-state index contributed by atoms with van der Waals surface area (Å²) >= 11 is 0. The predicted molar refractivity (Wildman–Crippen MR) is 121 cm³/mol. The van der Waals surface area contributed by atoms with Gasteiger partial charge in [-0.05, 0) is 44.9 Å². The molecule has 1 saturated carbocycles. The summed E-state index contributed by atoms with van der Waals surface area (Å²) in [6.45, 7) is 3.90. The number of nitrogens with one attached hydrogen (secondary N) is 2. The monoisotopic (exact) mass is 475 g/mol. The topological polar surface area (TPSA) is 135 Å². The summed E-state index contributed by atoms with van der Waals surface area (Å²) in [4.78, 5) is 17.3. The molecule has 1 aromatic heterocycles. The number of hydrogen-bond donors (Lipinski definition) is 4. The average molecular weight is 476 g/mol. The number of aliphatic hydroxyl groups excluding tert-OH is 1. The number of oxazole rings is 1. The number of aliphatic hydroxyl groups is 2. The maximum absolute atomic E-state index is 12.9. The number of fused-ring (bicyclic) bond motifs is 3. The van der Waals surface area contributed by atoms with Gasteiger partial charge in [-0.2, -0.15) is 0 Å². The Morgan fingerprint density at radius 2 is 2.06 bits per heavy atom. The highest BCUT2D eigenvalue weighted by Gasteiger charge is 2.61. The van der Waals surface area contributed by atoms with Gasteiger partial charge in [0.15, 0.2) is 5.58 Å². The first-order valence-electron chi connectivity index (χ1n) is 12.0. The maximum atomic E-state index is 12.9. The quantitative estimate of drug-likeness (QED) is 0.496. The minimum atomic E-state index is -1.90. The molecule has 3 fully saturated rings. The Hall–Kier alpha value is -2.08. The number of aromatic nitrogens is 1. The highest BCUT2D eigenvalue weighted by molar-refractivity contribution is 5.79. The molecular formula is C24H33N3O7. The zero-order valence-corrected chi connectivity index (χ0v) is 19.6. The molecule has 9 atom stereocenters. The smallest absolute Gasteiger partial charge is 0.239 e. The summed E-state index contributed by atoms with van der Waals surface area (Å²) in [5.74, 6) is -1.93. The van der Waals surface area contributed by atoms with Crippen molar-refractivity contribution in [3.8, 4) is 0 Å². The van der Waals surface area contributed by atoms with Crippen LogP contribution in [0.25, 0.3) is 11.1 Å². The number of likely N-dealkylation sites (N-methyl/N-ethyl adjacent to an activating group) is 1. The van der Waals surface area contributed by atoms with E-state index < -0.39 is 36.4 Å². The molecule has 1 aromatic carbocycles. The van der Waals surface area contributed by atoms with Crippen LogP contribution in [0.1, 0.15) is 39.0 Å². The Morgan fingerprint density at radius 1 is 1.26 bits per heavy atom. The molecular weight excluding hydrogens is 442 g/mol. The van der Waals surface area contributed by atoms with Crippen LogP contribution in [0.4, 0.5) is 0 Å². The summed E-state index contributed by atoms with van der Waals surface area (Å²) in [6.07, 6.45) is -1.27. The fourth-order valence-corrected chi connectivity index (χ4v) is 5.53. The molecule has 10 heteroatoms. The normalized spacial score (nSPS) is 39.9. The molecule has 2 aromatic rings.